The van der Waals surface area contributed by atoms with Gasteiger partial charge in [0.25, 0.3) is 0 Å². The number of halogens is 1. The molecule has 162 valence electrons. The molecule has 2 heterocycles. The molecule has 3 aromatic rings. The van der Waals surface area contributed by atoms with Gasteiger partial charge in [0.05, 0.1) is 11.2 Å². The van der Waals surface area contributed by atoms with Crippen LogP contribution in [-0.2, 0) is 12.8 Å². The van der Waals surface area contributed by atoms with Crippen LogP contribution in [0.4, 0.5) is 11.4 Å². The maximum atomic E-state index is 4.74. The number of rotatable bonds is 7. The second-order valence-electron chi connectivity index (χ2n) is 9.19. The Morgan fingerprint density at radius 2 is 1.90 bits per heavy atom. The van der Waals surface area contributed by atoms with Gasteiger partial charge < -0.3 is 15.1 Å². The third kappa shape index (κ3) is 5.28. The molecule has 5 heteroatoms. The Labute approximate surface area is 193 Å². The van der Waals surface area contributed by atoms with E-state index < -0.39 is 0 Å². The van der Waals surface area contributed by atoms with Crippen molar-refractivity contribution in [2.45, 2.75) is 25.7 Å². The summed E-state index contributed by atoms with van der Waals surface area (Å²) < 4.78 is 1.09. The first-order valence-electron chi connectivity index (χ1n) is 11.5. The van der Waals surface area contributed by atoms with E-state index in [0.717, 1.165) is 35.3 Å². The van der Waals surface area contributed by atoms with Crippen LogP contribution in [0.3, 0.4) is 0 Å². The number of nitrogens with zero attached hydrogens (tertiary/aromatic N) is 3. The number of hydrogen-bond donors (Lipinski definition) is 1. The summed E-state index contributed by atoms with van der Waals surface area (Å²) in [6.45, 7) is 5.84. The molecule has 0 amide bonds. The Balaban J connectivity index is 1.36. The molecule has 31 heavy (non-hydrogen) atoms. The van der Waals surface area contributed by atoms with Crippen LogP contribution in [0.15, 0.2) is 53.1 Å². The lowest BCUT2D eigenvalue weighted by Gasteiger charge is -2.32. The van der Waals surface area contributed by atoms with Crippen molar-refractivity contribution in [3.63, 3.8) is 0 Å². The highest BCUT2D eigenvalue weighted by atomic mass is 79.9. The number of aromatic nitrogens is 1. The molecule has 0 spiro atoms. The fraction of sp³-hybridized carbons (Fsp3) is 0.423. The quantitative estimate of drug-likeness (QED) is 0.486. The molecule has 0 unspecified atom stereocenters. The van der Waals surface area contributed by atoms with Crippen molar-refractivity contribution in [3.8, 4) is 0 Å². The van der Waals surface area contributed by atoms with Gasteiger partial charge in [-0.15, -0.1) is 0 Å². The highest BCUT2D eigenvalue weighted by Crippen LogP contribution is 2.38. The van der Waals surface area contributed by atoms with Crippen LogP contribution in [0, 0.1) is 5.92 Å². The van der Waals surface area contributed by atoms with Crippen molar-refractivity contribution in [1.29, 1.82) is 0 Å². The molecule has 0 bridgehead atoms. The standard InChI is InChI=1S/C26H31BrN4/c1-30-11-13-31(14-12-30)10-9-19-3-2-4-23(16-19)29-26-21(15-20-5-6-20)18-28-25-8-7-22(27)17-24(25)26/h2-4,7-8,16-18,20H,5-6,9-15H2,1H3,(H,28,29). The summed E-state index contributed by atoms with van der Waals surface area (Å²) >= 11 is 3.65. The number of nitrogens with one attached hydrogen (secondary N) is 1. The Morgan fingerprint density at radius 3 is 2.71 bits per heavy atom. The van der Waals surface area contributed by atoms with Crippen LogP contribution in [0.25, 0.3) is 10.9 Å². The monoisotopic (exact) mass is 478 g/mol. The summed E-state index contributed by atoms with van der Waals surface area (Å²) in [5.41, 5.74) is 6.15. The van der Waals surface area contributed by atoms with Crippen LogP contribution in [0.1, 0.15) is 24.0 Å². The molecule has 1 aromatic heterocycles. The molecule has 0 radical (unpaired) electrons. The van der Waals surface area contributed by atoms with E-state index in [1.54, 1.807) is 0 Å². The van der Waals surface area contributed by atoms with Gasteiger partial charge in [-0.2, -0.15) is 0 Å². The van der Waals surface area contributed by atoms with Crippen molar-refractivity contribution in [3.05, 3.63) is 64.3 Å². The SMILES string of the molecule is CN1CCN(CCc2cccc(Nc3c(CC4CC4)cnc4ccc(Br)cc34)c2)CC1. The first kappa shape index (κ1) is 20.9. The Hall–Kier alpha value is -1.95. The van der Waals surface area contributed by atoms with Crippen molar-refractivity contribution in [1.82, 2.24) is 14.8 Å². The number of piperazine rings is 1. The predicted molar refractivity (Wildman–Crippen MR) is 133 cm³/mol. The Kier molecular flexibility index (Phi) is 6.26. The molecule has 1 saturated carbocycles. The first-order chi connectivity index (χ1) is 15.1. The summed E-state index contributed by atoms with van der Waals surface area (Å²) in [5.74, 6) is 0.821. The van der Waals surface area contributed by atoms with Gasteiger partial charge in [0.15, 0.2) is 0 Å². The molecule has 1 saturated heterocycles. The average molecular weight is 479 g/mol. The van der Waals surface area contributed by atoms with Crippen molar-refractivity contribution in [2.24, 2.45) is 5.92 Å². The average Bonchev–Trinajstić information content (AvgIpc) is 3.59. The lowest BCUT2D eigenvalue weighted by Crippen LogP contribution is -2.45. The fourth-order valence-corrected chi connectivity index (χ4v) is 4.81. The lowest BCUT2D eigenvalue weighted by molar-refractivity contribution is 0.155. The summed E-state index contributed by atoms with van der Waals surface area (Å²) in [6, 6.07) is 15.3. The zero-order valence-corrected chi connectivity index (χ0v) is 19.9. The van der Waals surface area contributed by atoms with Crippen molar-refractivity contribution in [2.75, 3.05) is 45.1 Å². The van der Waals surface area contributed by atoms with Crippen molar-refractivity contribution < 1.29 is 0 Å². The predicted octanol–water partition coefficient (Wildman–Crippen LogP) is 5.48. The van der Waals surface area contributed by atoms with E-state index in [1.165, 1.54) is 66.9 Å². The molecular formula is C26H31BrN4. The minimum absolute atomic E-state index is 0.821. The fourth-order valence-electron chi connectivity index (χ4n) is 4.45. The van der Waals surface area contributed by atoms with E-state index >= 15 is 0 Å². The molecule has 0 atom stereocenters. The minimum atomic E-state index is 0.821. The third-order valence-corrected chi connectivity index (χ3v) is 7.12. The molecule has 2 fully saturated rings. The summed E-state index contributed by atoms with van der Waals surface area (Å²) in [7, 11) is 2.21. The van der Waals surface area contributed by atoms with E-state index in [4.69, 9.17) is 4.98 Å². The van der Waals surface area contributed by atoms with Crippen LogP contribution in [0.5, 0.6) is 0 Å². The van der Waals surface area contributed by atoms with Gasteiger partial charge in [0.1, 0.15) is 0 Å². The van der Waals surface area contributed by atoms with Gasteiger partial charge in [0.2, 0.25) is 0 Å². The maximum Gasteiger partial charge on any atom is 0.0723 e. The van der Waals surface area contributed by atoms with E-state index in [2.05, 4.69) is 86.8 Å². The molecular weight excluding hydrogens is 448 g/mol. The molecule has 1 N–H and O–H groups in total. The number of likely N-dealkylation sites (N-methyl/N-ethyl adjacent to an activating group) is 1. The molecule has 2 aliphatic rings. The molecule has 2 aromatic carbocycles. The van der Waals surface area contributed by atoms with Gasteiger partial charge >= 0.3 is 0 Å². The van der Waals surface area contributed by atoms with Gasteiger partial charge in [-0.1, -0.05) is 28.1 Å². The summed E-state index contributed by atoms with van der Waals surface area (Å²) in [5, 5.41) is 4.97. The smallest absolute Gasteiger partial charge is 0.0723 e. The minimum Gasteiger partial charge on any atom is -0.355 e. The summed E-state index contributed by atoms with van der Waals surface area (Å²) in [4.78, 5) is 9.74. The largest absolute Gasteiger partial charge is 0.355 e. The van der Waals surface area contributed by atoms with Gasteiger partial charge in [-0.3, -0.25) is 4.98 Å². The third-order valence-electron chi connectivity index (χ3n) is 6.62. The maximum absolute atomic E-state index is 4.74. The second-order valence-corrected chi connectivity index (χ2v) is 10.1. The number of fused-ring (bicyclic) bond motifs is 1. The number of pyridine rings is 1. The number of anilines is 2. The molecule has 1 aliphatic heterocycles. The molecule has 1 aliphatic carbocycles. The Morgan fingerprint density at radius 1 is 1.06 bits per heavy atom. The second kappa shape index (κ2) is 9.27. The highest BCUT2D eigenvalue weighted by Gasteiger charge is 2.24. The zero-order valence-electron chi connectivity index (χ0n) is 18.3. The molecule has 4 nitrogen and oxygen atoms in total. The van der Waals surface area contributed by atoms with Crippen LogP contribution >= 0.6 is 15.9 Å². The van der Waals surface area contributed by atoms with Crippen LogP contribution in [-0.4, -0.2) is 54.6 Å². The van der Waals surface area contributed by atoms with E-state index in [9.17, 15) is 0 Å². The van der Waals surface area contributed by atoms with Gasteiger partial charge in [-0.25, -0.2) is 0 Å². The summed E-state index contributed by atoms with van der Waals surface area (Å²) in [6.07, 6.45) is 6.97. The zero-order chi connectivity index (χ0) is 21.2. The van der Waals surface area contributed by atoms with Crippen molar-refractivity contribution >= 4 is 38.2 Å². The van der Waals surface area contributed by atoms with Crippen LogP contribution in [0.2, 0.25) is 0 Å². The van der Waals surface area contributed by atoms with E-state index in [0.29, 0.717) is 0 Å². The van der Waals surface area contributed by atoms with E-state index in [-0.39, 0.29) is 0 Å². The van der Waals surface area contributed by atoms with E-state index in [1.807, 2.05) is 0 Å². The number of benzene rings is 2. The van der Waals surface area contributed by atoms with Gasteiger partial charge in [0, 0.05) is 54.5 Å². The molecule has 5 rings (SSSR count). The lowest BCUT2D eigenvalue weighted by atomic mass is 10.0. The topological polar surface area (TPSA) is 31.4 Å². The first-order valence-corrected chi connectivity index (χ1v) is 12.3. The normalized spacial score (nSPS) is 17.9. The highest BCUT2D eigenvalue weighted by molar-refractivity contribution is 9.10. The number of hydrogen-bond acceptors (Lipinski definition) is 4. The van der Waals surface area contributed by atoms with Gasteiger partial charge in [-0.05, 0) is 80.1 Å². The van der Waals surface area contributed by atoms with Crippen LogP contribution < -0.4 is 5.32 Å². The Bertz CT molecular complexity index is 1050.